The van der Waals surface area contributed by atoms with Crippen LogP contribution >= 0.6 is 10.7 Å². The zero-order valence-corrected chi connectivity index (χ0v) is 11.5. The van der Waals surface area contributed by atoms with Gasteiger partial charge in [-0.05, 0) is 30.9 Å². The van der Waals surface area contributed by atoms with Crippen molar-refractivity contribution < 1.29 is 13.2 Å². The van der Waals surface area contributed by atoms with Crippen molar-refractivity contribution in [1.82, 2.24) is 4.98 Å². The number of halogens is 1. The van der Waals surface area contributed by atoms with Gasteiger partial charge in [-0.3, -0.25) is 0 Å². The fourth-order valence-corrected chi connectivity index (χ4v) is 2.24. The van der Waals surface area contributed by atoms with Crippen LogP contribution in [-0.4, -0.2) is 20.0 Å². The maximum absolute atomic E-state index is 11.2. The number of hydrogen-bond acceptors (Lipinski definition) is 4. The van der Waals surface area contributed by atoms with E-state index in [2.05, 4.69) is 18.8 Å². The molecular formula is C11H16ClNO3S. The first-order valence-electron chi connectivity index (χ1n) is 5.43. The molecule has 1 rings (SSSR count). The maximum Gasteiger partial charge on any atom is 0.266 e. The highest BCUT2D eigenvalue weighted by atomic mass is 35.7. The van der Waals surface area contributed by atoms with Gasteiger partial charge >= 0.3 is 0 Å². The molecule has 96 valence electrons. The molecule has 0 bridgehead atoms. The third kappa shape index (κ3) is 4.91. The van der Waals surface area contributed by atoms with Gasteiger partial charge in [0.15, 0.2) is 0 Å². The average molecular weight is 278 g/mol. The van der Waals surface area contributed by atoms with E-state index in [-0.39, 0.29) is 10.8 Å². The molecule has 0 aliphatic heterocycles. The van der Waals surface area contributed by atoms with Crippen LogP contribution in [0.3, 0.4) is 0 Å². The molecule has 0 spiro atoms. The minimum atomic E-state index is -3.80. The van der Waals surface area contributed by atoms with E-state index in [1.165, 1.54) is 18.3 Å². The van der Waals surface area contributed by atoms with Gasteiger partial charge in [-0.1, -0.05) is 13.8 Å². The van der Waals surface area contributed by atoms with Crippen LogP contribution in [0.4, 0.5) is 0 Å². The number of ether oxygens (including phenoxy) is 1. The van der Waals surface area contributed by atoms with Crippen molar-refractivity contribution >= 4 is 19.7 Å². The highest BCUT2D eigenvalue weighted by Gasteiger charge is 2.17. The van der Waals surface area contributed by atoms with Crippen molar-refractivity contribution in [2.24, 2.45) is 5.92 Å². The quantitative estimate of drug-likeness (QED) is 0.593. The second-order valence-corrected chi connectivity index (χ2v) is 6.66. The summed E-state index contributed by atoms with van der Waals surface area (Å²) >= 11 is 0. The molecule has 0 amide bonds. The van der Waals surface area contributed by atoms with Crippen LogP contribution in [-0.2, 0) is 9.05 Å². The summed E-state index contributed by atoms with van der Waals surface area (Å²) in [7, 11) is 1.48. The van der Waals surface area contributed by atoms with Gasteiger partial charge in [0.2, 0.25) is 5.88 Å². The van der Waals surface area contributed by atoms with Gasteiger partial charge < -0.3 is 4.74 Å². The number of hydrogen-bond donors (Lipinski definition) is 0. The topological polar surface area (TPSA) is 56.3 Å². The zero-order chi connectivity index (χ0) is 12.9. The SMILES string of the molecule is CC(C)CCCOc1ncccc1S(=O)(=O)Cl. The largest absolute Gasteiger partial charge is 0.477 e. The second kappa shape index (κ2) is 6.21. The van der Waals surface area contributed by atoms with Crippen LogP contribution in [0.2, 0.25) is 0 Å². The van der Waals surface area contributed by atoms with Crippen LogP contribution < -0.4 is 4.74 Å². The lowest BCUT2D eigenvalue weighted by molar-refractivity contribution is 0.280. The second-order valence-electron chi connectivity index (χ2n) is 4.13. The minimum Gasteiger partial charge on any atom is -0.477 e. The highest BCUT2D eigenvalue weighted by Crippen LogP contribution is 2.24. The summed E-state index contributed by atoms with van der Waals surface area (Å²) < 4.78 is 27.8. The Balaban J connectivity index is 2.65. The summed E-state index contributed by atoms with van der Waals surface area (Å²) in [5.74, 6) is 0.671. The standard InChI is InChI=1S/C11H16ClNO3S/c1-9(2)5-4-8-16-11-10(17(12,14)15)6-3-7-13-11/h3,6-7,9H,4-5,8H2,1-2H3. The Morgan fingerprint density at radius 1 is 1.47 bits per heavy atom. The van der Waals surface area contributed by atoms with Gasteiger partial charge in [-0.25, -0.2) is 13.4 Å². The van der Waals surface area contributed by atoms with Gasteiger partial charge in [0, 0.05) is 16.9 Å². The van der Waals surface area contributed by atoms with Crippen LogP contribution in [0, 0.1) is 5.92 Å². The van der Waals surface area contributed by atoms with Crippen LogP contribution in [0.5, 0.6) is 5.88 Å². The van der Waals surface area contributed by atoms with Gasteiger partial charge in [0.25, 0.3) is 9.05 Å². The lowest BCUT2D eigenvalue weighted by atomic mass is 10.1. The molecule has 0 N–H and O–H groups in total. The molecule has 0 unspecified atom stereocenters. The van der Waals surface area contributed by atoms with E-state index in [9.17, 15) is 8.42 Å². The monoisotopic (exact) mass is 277 g/mol. The lowest BCUT2D eigenvalue weighted by Gasteiger charge is -2.08. The molecule has 0 saturated heterocycles. The molecular weight excluding hydrogens is 262 g/mol. The van der Waals surface area contributed by atoms with Crippen molar-refractivity contribution in [3.8, 4) is 5.88 Å². The molecule has 1 aromatic heterocycles. The number of rotatable bonds is 6. The minimum absolute atomic E-state index is 0.0752. The van der Waals surface area contributed by atoms with Crippen LogP contribution in [0.25, 0.3) is 0 Å². The van der Waals surface area contributed by atoms with E-state index in [4.69, 9.17) is 15.4 Å². The van der Waals surface area contributed by atoms with Gasteiger partial charge in [-0.15, -0.1) is 0 Å². The van der Waals surface area contributed by atoms with Gasteiger partial charge in [0.1, 0.15) is 4.90 Å². The molecule has 0 aromatic carbocycles. The third-order valence-electron chi connectivity index (χ3n) is 2.16. The first kappa shape index (κ1) is 14.3. The summed E-state index contributed by atoms with van der Waals surface area (Å²) in [6, 6.07) is 2.89. The Bertz CT molecular complexity index is 460. The summed E-state index contributed by atoms with van der Waals surface area (Å²) in [4.78, 5) is 3.80. The van der Waals surface area contributed by atoms with E-state index in [1.54, 1.807) is 0 Å². The Morgan fingerprint density at radius 2 is 2.18 bits per heavy atom. The first-order valence-corrected chi connectivity index (χ1v) is 7.74. The summed E-state index contributed by atoms with van der Waals surface area (Å²) in [5.41, 5.74) is 0. The smallest absolute Gasteiger partial charge is 0.266 e. The van der Waals surface area contributed by atoms with Crippen molar-refractivity contribution in [2.75, 3.05) is 6.61 Å². The highest BCUT2D eigenvalue weighted by molar-refractivity contribution is 8.13. The van der Waals surface area contributed by atoms with Gasteiger partial charge in [-0.2, -0.15) is 0 Å². The number of pyridine rings is 1. The Labute approximate surface area is 106 Å². The molecule has 0 saturated carbocycles. The van der Waals surface area contributed by atoms with E-state index >= 15 is 0 Å². The van der Waals surface area contributed by atoms with Crippen molar-refractivity contribution in [3.63, 3.8) is 0 Å². The lowest BCUT2D eigenvalue weighted by Crippen LogP contribution is -2.04. The normalized spacial score (nSPS) is 11.8. The molecule has 0 fully saturated rings. The Hall–Kier alpha value is -0.810. The average Bonchev–Trinajstić information content (AvgIpc) is 2.23. The number of nitrogens with zero attached hydrogens (tertiary/aromatic N) is 1. The molecule has 0 atom stereocenters. The molecule has 1 aromatic rings. The van der Waals surface area contributed by atoms with Crippen LogP contribution in [0.15, 0.2) is 23.2 Å². The van der Waals surface area contributed by atoms with E-state index in [0.29, 0.717) is 12.5 Å². The van der Waals surface area contributed by atoms with Crippen molar-refractivity contribution in [3.05, 3.63) is 18.3 Å². The van der Waals surface area contributed by atoms with Gasteiger partial charge in [0.05, 0.1) is 6.61 Å². The molecule has 17 heavy (non-hydrogen) atoms. The Kier molecular flexibility index (Phi) is 5.21. The zero-order valence-electron chi connectivity index (χ0n) is 9.89. The molecule has 0 aliphatic rings. The fraction of sp³-hybridized carbons (Fsp3) is 0.545. The number of aromatic nitrogens is 1. The van der Waals surface area contributed by atoms with Crippen LogP contribution in [0.1, 0.15) is 26.7 Å². The van der Waals surface area contributed by atoms with Crippen molar-refractivity contribution in [2.45, 2.75) is 31.6 Å². The fourth-order valence-electron chi connectivity index (χ4n) is 1.33. The predicted molar refractivity (Wildman–Crippen MR) is 66.8 cm³/mol. The third-order valence-corrected chi connectivity index (χ3v) is 3.50. The summed E-state index contributed by atoms with van der Waals surface area (Å²) in [6.07, 6.45) is 3.36. The summed E-state index contributed by atoms with van der Waals surface area (Å²) in [6.45, 7) is 4.68. The molecule has 4 nitrogen and oxygen atoms in total. The summed E-state index contributed by atoms with van der Waals surface area (Å²) in [5, 5.41) is 0. The Morgan fingerprint density at radius 3 is 2.76 bits per heavy atom. The maximum atomic E-state index is 11.2. The molecule has 1 heterocycles. The first-order chi connectivity index (χ1) is 7.91. The molecule has 6 heteroatoms. The predicted octanol–water partition coefficient (Wildman–Crippen LogP) is 2.82. The van der Waals surface area contributed by atoms with E-state index in [1.807, 2.05) is 0 Å². The van der Waals surface area contributed by atoms with E-state index in [0.717, 1.165) is 12.8 Å². The molecule has 0 radical (unpaired) electrons. The molecule has 0 aliphatic carbocycles. The van der Waals surface area contributed by atoms with Crippen molar-refractivity contribution in [1.29, 1.82) is 0 Å². The van der Waals surface area contributed by atoms with E-state index < -0.39 is 9.05 Å².